The topological polar surface area (TPSA) is 73.9 Å². The molecule has 0 aliphatic carbocycles. The molecule has 0 spiro atoms. The van der Waals surface area contributed by atoms with E-state index >= 15 is 0 Å². The fourth-order valence-corrected chi connectivity index (χ4v) is 3.52. The van der Waals surface area contributed by atoms with Crippen LogP contribution < -0.4 is 18.9 Å². The molecule has 1 N–H and O–H groups in total. The molecule has 0 saturated heterocycles. The van der Waals surface area contributed by atoms with Crippen molar-refractivity contribution in [2.75, 3.05) is 11.8 Å². The number of halogens is 2. The Morgan fingerprint density at radius 2 is 1.79 bits per heavy atom. The average Bonchev–Trinajstić information content (AvgIpc) is 2.80. The van der Waals surface area contributed by atoms with Crippen molar-refractivity contribution in [3.8, 4) is 17.2 Å². The van der Waals surface area contributed by atoms with E-state index in [0.29, 0.717) is 0 Å². The zero-order valence-electron chi connectivity index (χ0n) is 12.7. The lowest BCUT2D eigenvalue weighted by molar-refractivity contribution is -0.286. The highest BCUT2D eigenvalue weighted by Crippen LogP contribution is 2.42. The van der Waals surface area contributed by atoms with E-state index in [1.165, 1.54) is 31.4 Å². The number of rotatable bonds is 4. The first-order valence-electron chi connectivity index (χ1n) is 6.77. The quantitative estimate of drug-likeness (QED) is 0.910. The van der Waals surface area contributed by atoms with Crippen molar-refractivity contribution >= 4 is 15.7 Å². The first kappa shape index (κ1) is 16.3. The van der Waals surface area contributed by atoms with Crippen LogP contribution in [0, 0.1) is 6.92 Å². The normalized spacial score (nSPS) is 15.2. The highest BCUT2D eigenvalue weighted by atomic mass is 32.2. The molecule has 9 heteroatoms. The van der Waals surface area contributed by atoms with Crippen molar-refractivity contribution in [3.63, 3.8) is 0 Å². The summed E-state index contributed by atoms with van der Waals surface area (Å²) in [5.74, 6) is -0.257. The summed E-state index contributed by atoms with van der Waals surface area (Å²) >= 11 is 0. The standard InChI is InChI=1S/C15H13F2NO5S/c1-9-3-5-12(21-2)14(7-9)24(19,20)18-10-4-6-11-13(8-10)23-15(16,17)22-11/h3-8,18H,1-2H3. The smallest absolute Gasteiger partial charge is 0.495 e. The Bertz CT molecular complexity index is 899. The molecular formula is C15H13F2NO5S. The third kappa shape index (κ3) is 3.07. The number of fused-ring (bicyclic) bond motifs is 1. The Labute approximate surface area is 137 Å². The Kier molecular flexibility index (Phi) is 3.75. The van der Waals surface area contributed by atoms with Crippen LogP contribution in [0.4, 0.5) is 14.5 Å². The average molecular weight is 357 g/mol. The monoisotopic (exact) mass is 357 g/mol. The summed E-state index contributed by atoms with van der Waals surface area (Å²) in [6, 6.07) is 8.30. The van der Waals surface area contributed by atoms with E-state index in [2.05, 4.69) is 14.2 Å². The minimum atomic E-state index is -3.98. The van der Waals surface area contributed by atoms with E-state index in [1.807, 2.05) is 0 Å². The summed E-state index contributed by atoms with van der Waals surface area (Å²) in [6.45, 7) is 1.74. The van der Waals surface area contributed by atoms with Gasteiger partial charge in [-0.2, -0.15) is 0 Å². The van der Waals surface area contributed by atoms with Crippen LogP contribution in [0.2, 0.25) is 0 Å². The van der Waals surface area contributed by atoms with Gasteiger partial charge in [-0.3, -0.25) is 4.72 Å². The molecule has 128 valence electrons. The fourth-order valence-electron chi connectivity index (χ4n) is 2.22. The van der Waals surface area contributed by atoms with Gasteiger partial charge in [0.25, 0.3) is 10.0 Å². The van der Waals surface area contributed by atoms with Crippen molar-refractivity contribution in [2.24, 2.45) is 0 Å². The van der Waals surface area contributed by atoms with Crippen molar-refractivity contribution < 1.29 is 31.4 Å². The van der Waals surface area contributed by atoms with Gasteiger partial charge in [0.1, 0.15) is 10.6 Å². The fraction of sp³-hybridized carbons (Fsp3) is 0.200. The number of aryl methyl sites for hydroxylation is 1. The van der Waals surface area contributed by atoms with Crippen LogP contribution in [0.5, 0.6) is 17.2 Å². The first-order chi connectivity index (χ1) is 11.2. The summed E-state index contributed by atoms with van der Waals surface area (Å²) in [6.07, 6.45) is -3.76. The van der Waals surface area contributed by atoms with Crippen LogP contribution in [0.15, 0.2) is 41.3 Å². The van der Waals surface area contributed by atoms with E-state index in [1.54, 1.807) is 13.0 Å². The number of sulfonamides is 1. The van der Waals surface area contributed by atoms with Crippen molar-refractivity contribution in [1.82, 2.24) is 0 Å². The van der Waals surface area contributed by atoms with Gasteiger partial charge in [0.2, 0.25) is 0 Å². The van der Waals surface area contributed by atoms with E-state index < -0.39 is 16.3 Å². The number of hydrogen-bond donors (Lipinski definition) is 1. The van der Waals surface area contributed by atoms with Gasteiger partial charge < -0.3 is 14.2 Å². The van der Waals surface area contributed by atoms with Crippen molar-refractivity contribution in [2.45, 2.75) is 18.1 Å². The second kappa shape index (κ2) is 5.52. The lowest BCUT2D eigenvalue weighted by atomic mass is 10.2. The maximum Gasteiger partial charge on any atom is 0.586 e. The van der Waals surface area contributed by atoms with Gasteiger partial charge in [-0.1, -0.05) is 6.07 Å². The second-order valence-electron chi connectivity index (χ2n) is 5.09. The molecule has 1 aliphatic heterocycles. The number of ether oxygens (including phenoxy) is 3. The Hall–Kier alpha value is -2.55. The zero-order valence-corrected chi connectivity index (χ0v) is 13.5. The Morgan fingerprint density at radius 1 is 1.08 bits per heavy atom. The SMILES string of the molecule is COc1ccc(C)cc1S(=O)(=O)Nc1ccc2c(c1)OC(F)(F)O2. The van der Waals surface area contributed by atoms with Crippen LogP contribution in [0.3, 0.4) is 0 Å². The Morgan fingerprint density at radius 3 is 2.50 bits per heavy atom. The van der Waals surface area contributed by atoms with Gasteiger partial charge in [-0.15, -0.1) is 8.78 Å². The largest absolute Gasteiger partial charge is 0.586 e. The molecule has 0 bridgehead atoms. The van der Waals surface area contributed by atoms with Gasteiger partial charge in [-0.25, -0.2) is 8.42 Å². The van der Waals surface area contributed by atoms with Crippen molar-refractivity contribution in [3.05, 3.63) is 42.0 Å². The summed E-state index contributed by atoms with van der Waals surface area (Å²) < 4.78 is 67.1. The molecule has 0 radical (unpaired) electrons. The highest BCUT2D eigenvalue weighted by Gasteiger charge is 2.43. The molecule has 0 fully saturated rings. The number of anilines is 1. The summed E-state index contributed by atoms with van der Waals surface area (Å²) in [4.78, 5) is -0.0620. The number of nitrogens with one attached hydrogen (secondary N) is 1. The first-order valence-corrected chi connectivity index (χ1v) is 8.26. The van der Waals surface area contributed by atoms with E-state index in [9.17, 15) is 17.2 Å². The molecule has 3 rings (SSSR count). The van der Waals surface area contributed by atoms with Crippen molar-refractivity contribution in [1.29, 1.82) is 0 Å². The van der Waals surface area contributed by atoms with Gasteiger partial charge in [0, 0.05) is 6.07 Å². The molecule has 0 aromatic heterocycles. The molecular weight excluding hydrogens is 344 g/mol. The van der Waals surface area contributed by atoms with Gasteiger partial charge in [0.05, 0.1) is 12.8 Å². The highest BCUT2D eigenvalue weighted by molar-refractivity contribution is 7.92. The molecule has 0 unspecified atom stereocenters. The number of benzene rings is 2. The lowest BCUT2D eigenvalue weighted by Gasteiger charge is -2.12. The van der Waals surface area contributed by atoms with Crippen LogP contribution in [0.1, 0.15) is 5.56 Å². The summed E-state index contributed by atoms with van der Waals surface area (Å²) in [5, 5.41) is 0. The lowest BCUT2D eigenvalue weighted by Crippen LogP contribution is -2.25. The minimum absolute atomic E-state index is 0.0543. The van der Waals surface area contributed by atoms with E-state index in [4.69, 9.17) is 4.74 Å². The van der Waals surface area contributed by atoms with Crippen LogP contribution >= 0.6 is 0 Å². The minimum Gasteiger partial charge on any atom is -0.495 e. The molecule has 1 heterocycles. The predicted octanol–water partition coefficient (Wildman–Crippen LogP) is 3.13. The summed E-state index contributed by atoms with van der Waals surface area (Å²) in [5.41, 5.74) is 0.778. The molecule has 0 atom stereocenters. The van der Waals surface area contributed by atoms with Crippen LogP contribution in [0.25, 0.3) is 0 Å². The maximum absolute atomic E-state index is 13.0. The van der Waals surface area contributed by atoms with Crippen LogP contribution in [-0.2, 0) is 10.0 Å². The molecule has 0 saturated carbocycles. The van der Waals surface area contributed by atoms with E-state index in [-0.39, 0.29) is 27.8 Å². The third-order valence-corrected chi connectivity index (χ3v) is 4.66. The number of hydrogen-bond acceptors (Lipinski definition) is 5. The third-order valence-electron chi connectivity index (χ3n) is 3.26. The van der Waals surface area contributed by atoms with Gasteiger partial charge in [-0.05, 0) is 36.8 Å². The maximum atomic E-state index is 13.0. The molecule has 0 amide bonds. The Balaban J connectivity index is 1.93. The van der Waals surface area contributed by atoms with Gasteiger partial charge >= 0.3 is 6.29 Å². The number of methoxy groups -OCH3 is 1. The van der Waals surface area contributed by atoms with Gasteiger partial charge in [0.15, 0.2) is 11.5 Å². The molecule has 24 heavy (non-hydrogen) atoms. The molecule has 2 aromatic rings. The zero-order chi connectivity index (χ0) is 17.5. The number of alkyl halides is 2. The molecule has 1 aliphatic rings. The molecule has 6 nitrogen and oxygen atoms in total. The predicted molar refractivity (Wildman–Crippen MR) is 81.2 cm³/mol. The second-order valence-corrected chi connectivity index (χ2v) is 6.74. The van der Waals surface area contributed by atoms with Crippen LogP contribution in [-0.4, -0.2) is 21.8 Å². The van der Waals surface area contributed by atoms with E-state index in [0.717, 1.165) is 11.6 Å². The summed E-state index contributed by atoms with van der Waals surface area (Å²) in [7, 11) is -2.63. The molecule has 2 aromatic carbocycles.